The lowest BCUT2D eigenvalue weighted by Gasteiger charge is -2.12. The molecule has 4 nitrogen and oxygen atoms in total. The Balaban J connectivity index is 1.77. The van der Waals surface area contributed by atoms with Crippen molar-refractivity contribution >= 4 is 43.0 Å². The van der Waals surface area contributed by atoms with Gasteiger partial charge in [-0.3, -0.25) is 0 Å². The minimum Gasteiger partial charge on any atom is -0.387 e. The van der Waals surface area contributed by atoms with Gasteiger partial charge in [0.15, 0.2) is 0 Å². The summed E-state index contributed by atoms with van der Waals surface area (Å²) < 4.78 is 40.9. The lowest BCUT2D eigenvalue weighted by atomic mass is 10.1. The Morgan fingerprint density at radius 1 is 1.25 bits per heavy atom. The fraction of sp³-hybridized carbons (Fsp3) is 0.125. The zero-order valence-corrected chi connectivity index (χ0v) is 14.6. The van der Waals surface area contributed by atoms with Gasteiger partial charge in [-0.15, -0.1) is 11.3 Å². The van der Waals surface area contributed by atoms with E-state index in [0.29, 0.717) is 5.56 Å². The molecule has 0 fully saturated rings. The van der Waals surface area contributed by atoms with Gasteiger partial charge in [-0.2, -0.15) is 0 Å². The van der Waals surface area contributed by atoms with Gasteiger partial charge in [-0.25, -0.2) is 17.5 Å². The average molecular weight is 386 g/mol. The third kappa shape index (κ3) is 3.45. The third-order valence-corrected chi connectivity index (χ3v) is 6.23. The van der Waals surface area contributed by atoms with Crippen molar-refractivity contribution in [1.29, 1.82) is 0 Å². The van der Waals surface area contributed by atoms with Crippen molar-refractivity contribution in [3.63, 3.8) is 0 Å². The molecule has 3 aromatic rings. The average Bonchev–Trinajstić information content (AvgIpc) is 2.99. The third-order valence-electron chi connectivity index (χ3n) is 3.54. The van der Waals surface area contributed by atoms with Crippen LogP contribution in [0.5, 0.6) is 0 Å². The van der Waals surface area contributed by atoms with Crippen molar-refractivity contribution in [3.8, 4) is 0 Å². The number of sulfonamides is 1. The van der Waals surface area contributed by atoms with E-state index in [9.17, 15) is 17.9 Å². The van der Waals surface area contributed by atoms with Crippen LogP contribution in [0.3, 0.4) is 0 Å². The molecule has 0 aliphatic carbocycles. The van der Waals surface area contributed by atoms with E-state index in [2.05, 4.69) is 4.72 Å². The molecule has 0 bridgehead atoms. The Kier molecular flexibility index (Phi) is 4.89. The quantitative estimate of drug-likeness (QED) is 0.703. The van der Waals surface area contributed by atoms with Gasteiger partial charge >= 0.3 is 0 Å². The van der Waals surface area contributed by atoms with E-state index >= 15 is 0 Å². The van der Waals surface area contributed by atoms with Gasteiger partial charge in [0, 0.05) is 16.8 Å². The Bertz CT molecular complexity index is 988. The van der Waals surface area contributed by atoms with Crippen LogP contribution >= 0.6 is 22.9 Å². The van der Waals surface area contributed by atoms with E-state index < -0.39 is 21.9 Å². The molecule has 0 radical (unpaired) electrons. The fourth-order valence-corrected chi connectivity index (χ4v) is 4.60. The van der Waals surface area contributed by atoms with Crippen molar-refractivity contribution in [2.45, 2.75) is 11.0 Å². The van der Waals surface area contributed by atoms with Gasteiger partial charge in [0.1, 0.15) is 5.82 Å². The first-order valence-electron chi connectivity index (χ1n) is 6.97. The molecular formula is C16H13ClFNO3S2. The summed E-state index contributed by atoms with van der Waals surface area (Å²) in [5, 5.41) is 12.7. The maximum absolute atomic E-state index is 13.1. The molecule has 0 saturated carbocycles. The van der Waals surface area contributed by atoms with E-state index in [1.165, 1.54) is 11.3 Å². The second kappa shape index (κ2) is 6.78. The van der Waals surface area contributed by atoms with Crippen molar-refractivity contribution in [2.24, 2.45) is 0 Å². The highest BCUT2D eigenvalue weighted by atomic mass is 35.5. The number of rotatable bonds is 5. The second-order valence-electron chi connectivity index (χ2n) is 5.13. The molecule has 2 aromatic carbocycles. The van der Waals surface area contributed by atoms with Crippen LogP contribution in [0.15, 0.2) is 52.7 Å². The van der Waals surface area contributed by atoms with Crippen LogP contribution in [-0.4, -0.2) is 20.1 Å². The number of aliphatic hydroxyl groups excluding tert-OH is 1. The van der Waals surface area contributed by atoms with Crippen molar-refractivity contribution in [3.05, 3.63) is 64.2 Å². The monoisotopic (exact) mass is 385 g/mol. The number of hydrogen-bond acceptors (Lipinski definition) is 4. The highest BCUT2D eigenvalue weighted by molar-refractivity contribution is 7.89. The maximum Gasteiger partial charge on any atom is 0.240 e. The topological polar surface area (TPSA) is 66.4 Å². The van der Waals surface area contributed by atoms with Crippen LogP contribution in [0.2, 0.25) is 5.02 Å². The van der Waals surface area contributed by atoms with E-state index in [1.807, 2.05) is 24.3 Å². The Hall–Kier alpha value is -1.51. The van der Waals surface area contributed by atoms with E-state index in [1.54, 1.807) is 5.38 Å². The summed E-state index contributed by atoms with van der Waals surface area (Å²) in [4.78, 5) is -0.156. The molecule has 8 heteroatoms. The molecule has 1 heterocycles. The van der Waals surface area contributed by atoms with E-state index in [-0.39, 0.29) is 16.5 Å². The number of hydrogen-bond donors (Lipinski definition) is 2. The lowest BCUT2D eigenvalue weighted by Crippen LogP contribution is -2.28. The zero-order valence-electron chi connectivity index (χ0n) is 12.2. The summed E-state index contributed by atoms with van der Waals surface area (Å²) >= 11 is 7.09. The molecule has 126 valence electrons. The van der Waals surface area contributed by atoms with E-state index in [4.69, 9.17) is 11.6 Å². The molecule has 1 aromatic heterocycles. The summed E-state index contributed by atoms with van der Waals surface area (Å²) in [5.41, 5.74) is 0.662. The number of fused-ring (bicyclic) bond motifs is 1. The predicted octanol–water partition coefficient (Wildman–Crippen LogP) is 3.71. The number of aliphatic hydroxyl groups is 1. The molecule has 0 amide bonds. The number of benzene rings is 2. The molecule has 24 heavy (non-hydrogen) atoms. The molecule has 2 N–H and O–H groups in total. The first kappa shape index (κ1) is 17.3. The smallest absolute Gasteiger partial charge is 0.240 e. The lowest BCUT2D eigenvalue weighted by molar-refractivity contribution is 0.184. The molecule has 0 aliphatic rings. The summed E-state index contributed by atoms with van der Waals surface area (Å²) in [5.74, 6) is -0.694. The first-order valence-corrected chi connectivity index (χ1v) is 9.71. The molecule has 1 unspecified atom stereocenters. The summed E-state index contributed by atoms with van der Waals surface area (Å²) in [6.07, 6.45) is -0.994. The number of nitrogens with one attached hydrogen (secondary N) is 1. The predicted molar refractivity (Wildman–Crippen MR) is 93.4 cm³/mol. The van der Waals surface area contributed by atoms with Crippen molar-refractivity contribution in [2.75, 3.05) is 6.54 Å². The molecule has 1 atom stereocenters. The van der Waals surface area contributed by atoms with Gasteiger partial charge in [0.05, 0.1) is 16.0 Å². The highest BCUT2D eigenvalue weighted by Crippen LogP contribution is 2.30. The fourth-order valence-electron chi connectivity index (χ4n) is 2.28. The summed E-state index contributed by atoms with van der Waals surface area (Å²) in [6.45, 7) is -0.196. The standard InChI is InChI=1S/C16H13ClFNO3S2/c17-13-7-10(5-6-14(13)18)24(21,22)19-8-15(20)12-9-23-16-4-2-1-3-11(12)16/h1-7,9,15,19-20H,8H2. The molecule has 0 aliphatic heterocycles. The van der Waals surface area contributed by atoms with Crippen LogP contribution in [-0.2, 0) is 10.0 Å². The van der Waals surface area contributed by atoms with E-state index in [0.717, 1.165) is 28.3 Å². The second-order valence-corrected chi connectivity index (χ2v) is 8.22. The molecular weight excluding hydrogens is 373 g/mol. The van der Waals surface area contributed by atoms with Gasteiger partial charge in [-0.05, 0) is 35.0 Å². The molecule has 3 rings (SSSR count). The number of halogens is 2. The maximum atomic E-state index is 13.1. The first-order chi connectivity index (χ1) is 11.4. The van der Waals surface area contributed by atoms with Crippen LogP contribution in [0, 0.1) is 5.82 Å². The minimum atomic E-state index is -3.90. The van der Waals surface area contributed by atoms with Gasteiger partial charge < -0.3 is 5.11 Å². The van der Waals surface area contributed by atoms with Gasteiger partial charge in [-0.1, -0.05) is 29.8 Å². The van der Waals surface area contributed by atoms with Gasteiger partial charge in [0.25, 0.3) is 0 Å². The minimum absolute atomic E-state index is 0.156. The van der Waals surface area contributed by atoms with Crippen LogP contribution in [0.25, 0.3) is 10.1 Å². The molecule has 0 saturated heterocycles. The van der Waals surface area contributed by atoms with Crippen molar-refractivity contribution < 1.29 is 17.9 Å². The zero-order chi connectivity index (χ0) is 17.3. The van der Waals surface area contributed by atoms with Gasteiger partial charge in [0.2, 0.25) is 10.0 Å². The SMILES string of the molecule is O=S(=O)(NCC(O)c1csc2ccccc12)c1ccc(F)c(Cl)c1. The van der Waals surface area contributed by atoms with Crippen LogP contribution in [0.4, 0.5) is 4.39 Å². The summed E-state index contributed by atoms with van der Waals surface area (Å²) in [7, 11) is -3.90. The highest BCUT2D eigenvalue weighted by Gasteiger charge is 2.19. The Labute approximate surface area is 147 Å². The Morgan fingerprint density at radius 2 is 2.00 bits per heavy atom. The van der Waals surface area contributed by atoms with Crippen LogP contribution in [0.1, 0.15) is 11.7 Å². The van der Waals surface area contributed by atoms with Crippen molar-refractivity contribution in [1.82, 2.24) is 4.72 Å². The number of thiophene rings is 1. The summed E-state index contributed by atoms with van der Waals surface area (Å²) in [6, 6.07) is 10.7. The normalized spacial score (nSPS) is 13.3. The Morgan fingerprint density at radius 3 is 2.75 bits per heavy atom. The largest absolute Gasteiger partial charge is 0.387 e. The molecule has 0 spiro atoms. The van der Waals surface area contributed by atoms with Crippen LogP contribution < -0.4 is 4.72 Å².